The highest BCUT2D eigenvalue weighted by Gasteiger charge is 2.38. The highest BCUT2D eigenvalue weighted by molar-refractivity contribution is 6.13. The minimum absolute atomic E-state index is 0.0949. The van der Waals surface area contributed by atoms with E-state index in [1.165, 1.54) is 13.8 Å². The van der Waals surface area contributed by atoms with Gasteiger partial charge in [-0.2, -0.15) is 0 Å². The van der Waals surface area contributed by atoms with E-state index >= 15 is 0 Å². The van der Waals surface area contributed by atoms with Gasteiger partial charge in [-0.25, -0.2) is 0 Å². The van der Waals surface area contributed by atoms with Crippen LogP contribution in [0, 0.1) is 5.41 Å². The average molecular weight is 268 g/mol. The standard InChI is InChI=1S/C17H16O3/c1-12(18)17(13(2)19)10-8-15(9-11-17)16(20)14-6-4-3-5-7-14/h3-10H,11H2,1-2H3. The van der Waals surface area contributed by atoms with Crippen molar-refractivity contribution in [1.82, 2.24) is 0 Å². The highest BCUT2D eigenvalue weighted by Crippen LogP contribution is 2.32. The largest absolute Gasteiger partial charge is 0.299 e. The summed E-state index contributed by atoms with van der Waals surface area (Å²) in [6.07, 6.45) is 5.08. The Kier molecular flexibility index (Phi) is 3.79. The molecule has 1 aliphatic rings. The van der Waals surface area contributed by atoms with E-state index in [4.69, 9.17) is 0 Å². The first-order chi connectivity index (χ1) is 9.47. The Labute approximate surface area is 118 Å². The lowest BCUT2D eigenvalue weighted by atomic mass is 9.73. The highest BCUT2D eigenvalue weighted by atomic mass is 16.2. The molecule has 0 spiro atoms. The molecular weight excluding hydrogens is 252 g/mol. The van der Waals surface area contributed by atoms with Crippen molar-refractivity contribution in [3.05, 3.63) is 59.7 Å². The number of hydrogen-bond donors (Lipinski definition) is 0. The molecule has 0 saturated carbocycles. The van der Waals surface area contributed by atoms with Crippen molar-refractivity contribution >= 4 is 17.3 Å². The fourth-order valence-corrected chi connectivity index (χ4v) is 2.33. The van der Waals surface area contributed by atoms with Crippen LogP contribution in [0.3, 0.4) is 0 Å². The maximum Gasteiger partial charge on any atom is 0.192 e. The second-order valence-corrected chi connectivity index (χ2v) is 4.98. The maximum atomic E-state index is 12.3. The number of Topliss-reactive ketones (excluding diaryl/α,β-unsaturated/α-hetero) is 3. The molecule has 20 heavy (non-hydrogen) atoms. The second-order valence-electron chi connectivity index (χ2n) is 4.98. The number of ketones is 3. The van der Waals surface area contributed by atoms with Crippen LogP contribution >= 0.6 is 0 Å². The molecule has 0 fully saturated rings. The van der Waals surface area contributed by atoms with Crippen LogP contribution in [-0.4, -0.2) is 17.3 Å². The van der Waals surface area contributed by atoms with Crippen LogP contribution in [0.2, 0.25) is 0 Å². The van der Waals surface area contributed by atoms with E-state index in [-0.39, 0.29) is 23.8 Å². The summed E-state index contributed by atoms with van der Waals surface area (Å²) in [7, 11) is 0. The third kappa shape index (κ3) is 2.39. The first kappa shape index (κ1) is 14.1. The van der Waals surface area contributed by atoms with Gasteiger partial charge in [-0.05, 0) is 20.3 Å². The summed E-state index contributed by atoms with van der Waals surface area (Å²) in [4.78, 5) is 35.7. The van der Waals surface area contributed by atoms with Crippen molar-refractivity contribution in [2.24, 2.45) is 5.41 Å². The average Bonchev–Trinajstić information content (AvgIpc) is 2.47. The molecule has 0 unspecified atom stereocenters. The van der Waals surface area contributed by atoms with Crippen LogP contribution in [0.4, 0.5) is 0 Å². The lowest BCUT2D eigenvalue weighted by Crippen LogP contribution is -2.35. The SMILES string of the molecule is CC(=O)C1(C(C)=O)C=CC(C(=O)c2ccccc2)=CC1. The molecular formula is C17H16O3. The van der Waals surface area contributed by atoms with Crippen LogP contribution in [-0.2, 0) is 9.59 Å². The molecule has 0 N–H and O–H groups in total. The normalized spacial score (nSPS) is 16.4. The summed E-state index contributed by atoms with van der Waals surface area (Å²) in [5, 5.41) is 0. The van der Waals surface area contributed by atoms with Gasteiger partial charge in [0.15, 0.2) is 5.78 Å². The van der Waals surface area contributed by atoms with Crippen LogP contribution in [0.25, 0.3) is 0 Å². The maximum absolute atomic E-state index is 12.3. The number of benzene rings is 1. The van der Waals surface area contributed by atoms with E-state index < -0.39 is 5.41 Å². The number of hydrogen-bond acceptors (Lipinski definition) is 3. The Bertz CT molecular complexity index is 607. The summed E-state index contributed by atoms with van der Waals surface area (Å²) in [6.45, 7) is 2.81. The second kappa shape index (κ2) is 5.37. The number of allylic oxidation sites excluding steroid dienone is 4. The van der Waals surface area contributed by atoms with E-state index in [9.17, 15) is 14.4 Å². The van der Waals surface area contributed by atoms with Crippen molar-refractivity contribution in [3.63, 3.8) is 0 Å². The van der Waals surface area contributed by atoms with E-state index in [1.54, 1.807) is 42.5 Å². The number of carbonyl (C=O) groups excluding carboxylic acids is 3. The Morgan fingerprint density at radius 3 is 2.05 bits per heavy atom. The summed E-state index contributed by atoms with van der Waals surface area (Å²) in [5.74, 6) is -0.477. The van der Waals surface area contributed by atoms with E-state index in [0.29, 0.717) is 11.1 Å². The molecule has 0 aliphatic heterocycles. The Balaban J connectivity index is 2.27. The predicted octanol–water partition coefficient (Wildman–Crippen LogP) is 2.92. The van der Waals surface area contributed by atoms with Gasteiger partial charge in [-0.3, -0.25) is 14.4 Å². The summed E-state index contributed by atoms with van der Waals surface area (Å²) < 4.78 is 0. The molecule has 0 aromatic heterocycles. The topological polar surface area (TPSA) is 51.2 Å². The summed E-state index contributed by atoms with van der Waals surface area (Å²) in [5.41, 5.74) is 0.0244. The third-order valence-electron chi connectivity index (χ3n) is 3.75. The van der Waals surface area contributed by atoms with Gasteiger partial charge in [0.05, 0.1) is 0 Å². The van der Waals surface area contributed by atoms with Gasteiger partial charge in [0.25, 0.3) is 0 Å². The molecule has 1 aromatic carbocycles. The monoisotopic (exact) mass is 268 g/mol. The van der Waals surface area contributed by atoms with Crippen molar-refractivity contribution in [2.45, 2.75) is 20.3 Å². The van der Waals surface area contributed by atoms with Crippen LogP contribution in [0.5, 0.6) is 0 Å². The van der Waals surface area contributed by atoms with Gasteiger partial charge in [-0.15, -0.1) is 0 Å². The van der Waals surface area contributed by atoms with Crippen LogP contribution in [0.1, 0.15) is 30.6 Å². The Morgan fingerprint density at radius 2 is 1.60 bits per heavy atom. The van der Waals surface area contributed by atoms with Crippen LogP contribution < -0.4 is 0 Å². The molecule has 0 saturated heterocycles. The molecule has 0 radical (unpaired) electrons. The van der Waals surface area contributed by atoms with Gasteiger partial charge >= 0.3 is 0 Å². The van der Waals surface area contributed by atoms with E-state index in [2.05, 4.69) is 0 Å². The summed E-state index contributed by atoms with van der Waals surface area (Å²) in [6, 6.07) is 8.94. The van der Waals surface area contributed by atoms with Gasteiger partial charge in [0.1, 0.15) is 17.0 Å². The lowest BCUT2D eigenvalue weighted by molar-refractivity contribution is -0.135. The van der Waals surface area contributed by atoms with Gasteiger partial charge in [0, 0.05) is 11.1 Å². The minimum Gasteiger partial charge on any atom is -0.299 e. The quantitative estimate of drug-likeness (QED) is 0.623. The van der Waals surface area contributed by atoms with E-state index in [0.717, 1.165) is 0 Å². The smallest absolute Gasteiger partial charge is 0.192 e. The van der Waals surface area contributed by atoms with Crippen LogP contribution in [0.15, 0.2) is 54.1 Å². The van der Waals surface area contributed by atoms with Gasteiger partial charge in [-0.1, -0.05) is 48.6 Å². The number of rotatable bonds is 4. The van der Waals surface area contributed by atoms with Crippen molar-refractivity contribution in [3.8, 4) is 0 Å². The molecule has 102 valence electrons. The molecule has 1 aliphatic carbocycles. The van der Waals surface area contributed by atoms with Crippen molar-refractivity contribution in [1.29, 1.82) is 0 Å². The van der Waals surface area contributed by atoms with Crippen molar-refractivity contribution in [2.75, 3.05) is 0 Å². The molecule has 1 aromatic rings. The fourth-order valence-electron chi connectivity index (χ4n) is 2.33. The Hall–Kier alpha value is -2.29. The van der Waals surface area contributed by atoms with E-state index in [1.807, 2.05) is 6.07 Å². The molecule has 0 heterocycles. The summed E-state index contributed by atoms with van der Waals surface area (Å²) >= 11 is 0. The molecule has 0 atom stereocenters. The zero-order valence-corrected chi connectivity index (χ0v) is 11.6. The first-order valence-electron chi connectivity index (χ1n) is 6.48. The predicted molar refractivity (Wildman–Crippen MR) is 76.4 cm³/mol. The zero-order chi connectivity index (χ0) is 14.8. The molecule has 2 rings (SSSR count). The molecule has 3 heteroatoms. The molecule has 0 amide bonds. The Morgan fingerprint density at radius 1 is 1.00 bits per heavy atom. The van der Waals surface area contributed by atoms with Gasteiger partial charge < -0.3 is 0 Å². The third-order valence-corrected chi connectivity index (χ3v) is 3.75. The first-order valence-corrected chi connectivity index (χ1v) is 6.48. The fraction of sp³-hybridized carbons (Fsp3) is 0.235. The zero-order valence-electron chi connectivity index (χ0n) is 11.6. The molecule has 0 bridgehead atoms. The minimum atomic E-state index is -1.10. The number of carbonyl (C=O) groups is 3. The van der Waals surface area contributed by atoms with Gasteiger partial charge in [0.2, 0.25) is 0 Å². The molecule has 3 nitrogen and oxygen atoms in total. The van der Waals surface area contributed by atoms with Crippen molar-refractivity contribution < 1.29 is 14.4 Å². The lowest BCUT2D eigenvalue weighted by Gasteiger charge is -2.26.